The predicted octanol–water partition coefficient (Wildman–Crippen LogP) is 2.61. The van der Waals surface area contributed by atoms with Crippen molar-refractivity contribution in [2.75, 3.05) is 32.8 Å². The van der Waals surface area contributed by atoms with Crippen molar-refractivity contribution in [2.24, 2.45) is 0 Å². The fraction of sp³-hybridized carbons (Fsp3) is 0.250. The van der Waals surface area contributed by atoms with Crippen LogP contribution in [0.15, 0.2) is 72.8 Å². The van der Waals surface area contributed by atoms with Crippen LogP contribution < -0.4 is 26.8 Å². The first kappa shape index (κ1) is 29.9. The molecule has 0 saturated carbocycles. The molecule has 0 aliphatic carbocycles. The summed E-state index contributed by atoms with van der Waals surface area (Å²) in [6, 6.07) is 16.6. The van der Waals surface area contributed by atoms with Crippen LogP contribution in [0, 0.1) is 0 Å². The molecule has 3 aromatic carbocycles. The molecule has 0 aliphatic heterocycles. The molecule has 1 unspecified atom stereocenters. The highest BCUT2D eigenvalue weighted by molar-refractivity contribution is 7.93. The van der Waals surface area contributed by atoms with Crippen molar-refractivity contribution in [3.8, 4) is 34.5 Å². The summed E-state index contributed by atoms with van der Waals surface area (Å²) in [7, 11) is -10.2. The highest BCUT2D eigenvalue weighted by Crippen LogP contribution is 2.29. The molecule has 0 amide bonds. The number of para-hydroxylation sites is 2. The van der Waals surface area contributed by atoms with Gasteiger partial charge < -0.3 is 26.8 Å². The van der Waals surface area contributed by atoms with Gasteiger partial charge in [0.2, 0.25) is 0 Å². The number of benzene rings is 3. The van der Waals surface area contributed by atoms with Crippen molar-refractivity contribution >= 4 is 30.4 Å². The van der Waals surface area contributed by atoms with Crippen LogP contribution in [-0.2, 0) is 30.4 Å². The molecular weight excluding hydrogens is 576 g/mol. The van der Waals surface area contributed by atoms with Gasteiger partial charge in [-0.15, -0.1) is 0 Å². The van der Waals surface area contributed by atoms with Gasteiger partial charge in [-0.3, -0.25) is 0 Å². The molecule has 15 heteroatoms. The second-order valence-corrected chi connectivity index (χ2v) is 12.9. The van der Waals surface area contributed by atoms with E-state index >= 15 is 0 Å². The Kier molecular flexibility index (Phi) is 9.53. The number of ether oxygens (including phenoxy) is 3. The van der Waals surface area contributed by atoms with Crippen molar-refractivity contribution in [2.45, 2.75) is 5.25 Å². The molecule has 0 N–H and O–H groups in total. The SMILES string of the molecule is COc1ccc(OS(=O)(=O)CC(CS(=O)(=O)Oc2ccccc2OC)S(=O)(=O)Oc2cccc(OC)c2)cc1. The Morgan fingerprint density at radius 3 is 1.67 bits per heavy atom. The van der Waals surface area contributed by atoms with E-state index < -0.39 is 47.1 Å². The maximum Gasteiger partial charge on any atom is 0.314 e. The monoisotopic (exact) mass is 602 g/mol. The zero-order chi connectivity index (χ0) is 28.7. The Labute approximate surface area is 227 Å². The third kappa shape index (κ3) is 8.66. The van der Waals surface area contributed by atoms with Gasteiger partial charge in [0.05, 0.1) is 21.3 Å². The van der Waals surface area contributed by atoms with Crippen LogP contribution >= 0.6 is 0 Å². The first-order chi connectivity index (χ1) is 18.4. The molecule has 3 aromatic rings. The van der Waals surface area contributed by atoms with Crippen LogP contribution in [0.25, 0.3) is 0 Å². The van der Waals surface area contributed by atoms with Crippen LogP contribution in [-0.4, -0.2) is 63.3 Å². The third-order valence-corrected chi connectivity index (χ3v) is 9.51. The molecule has 3 rings (SSSR count). The fourth-order valence-corrected chi connectivity index (χ4v) is 8.28. The van der Waals surface area contributed by atoms with E-state index in [0.717, 1.165) is 0 Å². The molecule has 0 saturated heterocycles. The van der Waals surface area contributed by atoms with Gasteiger partial charge in [-0.2, -0.15) is 25.3 Å². The Hall–Kier alpha value is -3.69. The van der Waals surface area contributed by atoms with Gasteiger partial charge in [0, 0.05) is 6.07 Å². The maximum absolute atomic E-state index is 13.2. The van der Waals surface area contributed by atoms with Crippen LogP contribution in [0.5, 0.6) is 34.5 Å². The topological polar surface area (TPSA) is 158 Å². The number of methoxy groups -OCH3 is 3. The summed E-state index contributed by atoms with van der Waals surface area (Å²) in [6.07, 6.45) is 0. The second kappa shape index (κ2) is 12.4. The zero-order valence-electron chi connectivity index (χ0n) is 21.0. The van der Waals surface area contributed by atoms with E-state index in [1.54, 1.807) is 6.07 Å². The lowest BCUT2D eigenvalue weighted by atomic mass is 10.3. The summed E-state index contributed by atoms with van der Waals surface area (Å²) >= 11 is 0. The normalized spacial score (nSPS) is 12.7. The average Bonchev–Trinajstić information content (AvgIpc) is 2.88. The molecule has 0 bridgehead atoms. The molecule has 0 spiro atoms. The summed E-state index contributed by atoms with van der Waals surface area (Å²) < 4.78 is 108. The van der Waals surface area contributed by atoms with E-state index in [-0.39, 0.29) is 28.7 Å². The van der Waals surface area contributed by atoms with E-state index in [4.69, 9.17) is 26.8 Å². The van der Waals surface area contributed by atoms with E-state index in [1.165, 1.54) is 88.1 Å². The molecule has 12 nitrogen and oxygen atoms in total. The lowest BCUT2D eigenvalue weighted by Crippen LogP contribution is -2.40. The molecule has 0 aliphatic rings. The van der Waals surface area contributed by atoms with Crippen molar-refractivity contribution in [3.05, 3.63) is 72.8 Å². The Balaban J connectivity index is 1.92. The maximum atomic E-state index is 13.2. The van der Waals surface area contributed by atoms with Crippen molar-refractivity contribution in [3.63, 3.8) is 0 Å². The van der Waals surface area contributed by atoms with Crippen LogP contribution in [0.2, 0.25) is 0 Å². The van der Waals surface area contributed by atoms with Gasteiger partial charge in [-0.1, -0.05) is 18.2 Å². The molecular formula is C24H26O12S3. The van der Waals surface area contributed by atoms with E-state index in [0.29, 0.717) is 5.75 Å². The largest absolute Gasteiger partial charge is 0.497 e. The van der Waals surface area contributed by atoms with Gasteiger partial charge >= 0.3 is 30.4 Å². The van der Waals surface area contributed by atoms with Gasteiger partial charge in [0.15, 0.2) is 11.5 Å². The standard InChI is InChI=1S/C24H26O12S3/c1-31-18-11-13-19(14-12-18)34-37(25,26)16-22(39(29,30)35-21-8-6-7-20(15-21)32-2)17-38(27,28)36-24-10-5-4-9-23(24)33-3/h4-15,22H,16-17H2,1-3H3. The van der Waals surface area contributed by atoms with Gasteiger partial charge in [-0.25, -0.2) is 0 Å². The Bertz CT molecular complexity index is 1580. The second-order valence-electron chi connectivity index (χ2n) is 7.82. The van der Waals surface area contributed by atoms with E-state index in [9.17, 15) is 25.3 Å². The minimum atomic E-state index is -4.90. The fourth-order valence-electron chi connectivity index (χ4n) is 3.20. The number of rotatable bonds is 14. The number of hydrogen-bond donors (Lipinski definition) is 0. The predicted molar refractivity (Wildman–Crippen MR) is 141 cm³/mol. The van der Waals surface area contributed by atoms with Crippen LogP contribution in [0.4, 0.5) is 0 Å². The summed E-state index contributed by atoms with van der Waals surface area (Å²) in [4.78, 5) is 0. The zero-order valence-corrected chi connectivity index (χ0v) is 23.5. The lowest BCUT2D eigenvalue weighted by Gasteiger charge is -2.19. The molecule has 39 heavy (non-hydrogen) atoms. The van der Waals surface area contributed by atoms with Crippen molar-refractivity contribution < 1.29 is 52.0 Å². The highest BCUT2D eigenvalue weighted by atomic mass is 32.2. The molecule has 0 aromatic heterocycles. The summed E-state index contributed by atoms with van der Waals surface area (Å²) in [5.41, 5.74) is 0. The first-order valence-electron chi connectivity index (χ1n) is 11.0. The summed E-state index contributed by atoms with van der Waals surface area (Å²) in [5.74, 6) is -2.42. The first-order valence-corrected chi connectivity index (χ1v) is 15.7. The summed E-state index contributed by atoms with van der Waals surface area (Å²) in [6.45, 7) is 0. The van der Waals surface area contributed by atoms with Crippen molar-refractivity contribution in [1.82, 2.24) is 0 Å². The Morgan fingerprint density at radius 2 is 1.08 bits per heavy atom. The molecule has 0 heterocycles. The minimum Gasteiger partial charge on any atom is -0.497 e. The summed E-state index contributed by atoms with van der Waals surface area (Å²) in [5, 5.41) is -2.16. The van der Waals surface area contributed by atoms with E-state index in [2.05, 4.69) is 0 Å². The van der Waals surface area contributed by atoms with Gasteiger partial charge in [-0.05, 0) is 48.5 Å². The average molecular weight is 603 g/mol. The van der Waals surface area contributed by atoms with Gasteiger partial charge in [0.1, 0.15) is 39.8 Å². The highest BCUT2D eigenvalue weighted by Gasteiger charge is 2.39. The minimum absolute atomic E-state index is 0.0589. The van der Waals surface area contributed by atoms with E-state index in [1.807, 2.05) is 0 Å². The Morgan fingerprint density at radius 1 is 0.538 bits per heavy atom. The molecule has 0 radical (unpaired) electrons. The smallest absolute Gasteiger partial charge is 0.314 e. The molecule has 212 valence electrons. The number of hydrogen-bond acceptors (Lipinski definition) is 12. The van der Waals surface area contributed by atoms with Crippen molar-refractivity contribution in [1.29, 1.82) is 0 Å². The third-order valence-electron chi connectivity index (χ3n) is 5.01. The van der Waals surface area contributed by atoms with Gasteiger partial charge in [0.25, 0.3) is 0 Å². The quantitative estimate of drug-likeness (QED) is 0.249. The molecule has 0 fully saturated rings. The molecule has 1 atom stereocenters. The van der Waals surface area contributed by atoms with Crippen LogP contribution in [0.1, 0.15) is 0 Å². The lowest BCUT2D eigenvalue weighted by molar-refractivity contribution is 0.390. The van der Waals surface area contributed by atoms with Crippen LogP contribution in [0.3, 0.4) is 0 Å².